The predicted molar refractivity (Wildman–Crippen MR) is 113 cm³/mol. The van der Waals surface area contributed by atoms with Gasteiger partial charge in [-0.05, 0) is 25.1 Å². The van der Waals surface area contributed by atoms with Crippen molar-refractivity contribution in [2.45, 2.75) is 32.7 Å². The third-order valence-electron chi connectivity index (χ3n) is 5.27. The number of carbonyl (C=O) groups is 3. The Hall–Kier alpha value is -3.27. The first-order chi connectivity index (χ1) is 14.9. The van der Waals surface area contributed by atoms with Crippen molar-refractivity contribution in [3.63, 3.8) is 0 Å². The lowest BCUT2D eigenvalue weighted by molar-refractivity contribution is -0.133. The molecular weight excluding hydrogens is 423 g/mol. The number of anilines is 1. The number of benzene rings is 1. The number of hydrogen-bond donors (Lipinski definition) is 2. The number of aryl methyl sites for hydroxylation is 1. The van der Waals surface area contributed by atoms with Crippen molar-refractivity contribution in [2.24, 2.45) is 0 Å². The number of rotatable bonds is 5. The Morgan fingerprint density at radius 2 is 2.13 bits per heavy atom. The molecule has 1 aliphatic rings. The molecule has 4 rings (SSSR count). The summed E-state index contributed by atoms with van der Waals surface area (Å²) in [5.41, 5.74) is 3.27. The van der Waals surface area contributed by atoms with Gasteiger partial charge in [-0.3, -0.25) is 9.59 Å². The van der Waals surface area contributed by atoms with Crippen LogP contribution in [-0.4, -0.2) is 46.3 Å². The molecule has 0 saturated carbocycles. The molecular formula is C21H21FN4O4S. The van der Waals surface area contributed by atoms with E-state index in [0.717, 1.165) is 33.5 Å². The van der Waals surface area contributed by atoms with Crippen LogP contribution < -0.4 is 5.32 Å². The smallest absolute Gasteiger partial charge is 0.350 e. The fourth-order valence-electron chi connectivity index (χ4n) is 3.69. The van der Waals surface area contributed by atoms with Crippen molar-refractivity contribution < 1.29 is 23.5 Å². The van der Waals surface area contributed by atoms with Gasteiger partial charge < -0.3 is 19.9 Å². The van der Waals surface area contributed by atoms with Gasteiger partial charge in [0.05, 0.1) is 12.8 Å². The molecule has 2 amide bonds. The number of carbonyl (C=O) groups excluding carboxylic acids is 3. The number of H-pyrrole nitrogens is 1. The summed E-state index contributed by atoms with van der Waals surface area (Å²) in [5.74, 6) is -1.32. The van der Waals surface area contributed by atoms with Crippen LogP contribution in [0.2, 0.25) is 0 Å². The summed E-state index contributed by atoms with van der Waals surface area (Å²) < 4.78 is 18.3. The first kappa shape index (κ1) is 21.0. The standard InChI is InChI=1S/C21H21FN4O4S/c1-11-19(20(29)30-2)31-21(23-11)25-17(27)5-6-18(28)26-8-7-16-14(10-26)13-9-12(22)3-4-15(13)24-16/h3-4,9,24H,5-8,10H2,1-2H3,(H,23,25,27). The van der Waals surface area contributed by atoms with Crippen molar-refractivity contribution in [3.05, 3.63) is 45.8 Å². The number of esters is 1. The lowest BCUT2D eigenvalue weighted by Gasteiger charge is -2.27. The van der Waals surface area contributed by atoms with Crippen LogP contribution in [0.1, 0.15) is 39.5 Å². The molecule has 0 radical (unpaired) electrons. The lowest BCUT2D eigenvalue weighted by atomic mass is 10.0. The Morgan fingerprint density at radius 1 is 1.32 bits per heavy atom. The number of ether oxygens (including phenoxy) is 1. The summed E-state index contributed by atoms with van der Waals surface area (Å²) >= 11 is 1.03. The van der Waals surface area contributed by atoms with E-state index in [1.54, 1.807) is 17.9 Å². The van der Waals surface area contributed by atoms with E-state index >= 15 is 0 Å². The average molecular weight is 444 g/mol. The van der Waals surface area contributed by atoms with Gasteiger partial charge in [0, 0.05) is 54.5 Å². The molecule has 3 aromatic rings. The monoisotopic (exact) mass is 444 g/mol. The number of aromatic nitrogens is 2. The maximum Gasteiger partial charge on any atom is 0.350 e. The number of amides is 2. The summed E-state index contributed by atoms with van der Waals surface area (Å²) in [7, 11) is 1.28. The van der Waals surface area contributed by atoms with Crippen LogP contribution in [0.25, 0.3) is 10.9 Å². The number of halogens is 1. The van der Waals surface area contributed by atoms with E-state index in [4.69, 9.17) is 0 Å². The molecule has 0 unspecified atom stereocenters. The molecule has 31 heavy (non-hydrogen) atoms. The highest BCUT2D eigenvalue weighted by Gasteiger charge is 2.25. The van der Waals surface area contributed by atoms with Gasteiger partial charge in [0.2, 0.25) is 11.8 Å². The van der Waals surface area contributed by atoms with Crippen molar-refractivity contribution in [1.29, 1.82) is 0 Å². The first-order valence-corrected chi connectivity index (χ1v) is 10.6. The Morgan fingerprint density at radius 3 is 2.90 bits per heavy atom. The molecule has 1 aliphatic heterocycles. The largest absolute Gasteiger partial charge is 0.465 e. The SMILES string of the molecule is COC(=O)c1sc(NC(=O)CCC(=O)N2CCc3[nH]c4ccc(F)cc4c3C2)nc1C. The van der Waals surface area contributed by atoms with Crippen LogP contribution in [0.4, 0.5) is 9.52 Å². The molecule has 162 valence electrons. The summed E-state index contributed by atoms with van der Waals surface area (Å²) in [6, 6.07) is 4.58. The first-order valence-electron chi connectivity index (χ1n) is 9.78. The molecule has 3 heterocycles. The van der Waals surface area contributed by atoms with Crippen LogP contribution in [0.5, 0.6) is 0 Å². The van der Waals surface area contributed by atoms with Gasteiger partial charge in [0.25, 0.3) is 0 Å². The minimum absolute atomic E-state index is 0.00309. The van der Waals surface area contributed by atoms with Crippen LogP contribution in [0.15, 0.2) is 18.2 Å². The minimum Gasteiger partial charge on any atom is -0.465 e. The number of methoxy groups -OCH3 is 1. The highest BCUT2D eigenvalue weighted by atomic mass is 32.1. The Balaban J connectivity index is 1.35. The van der Waals surface area contributed by atoms with Crippen LogP contribution in [0.3, 0.4) is 0 Å². The van der Waals surface area contributed by atoms with E-state index in [9.17, 15) is 18.8 Å². The highest BCUT2D eigenvalue weighted by Crippen LogP contribution is 2.29. The molecule has 10 heteroatoms. The molecule has 0 spiro atoms. The molecule has 0 fully saturated rings. The zero-order chi connectivity index (χ0) is 22.1. The third-order valence-corrected chi connectivity index (χ3v) is 6.32. The van der Waals surface area contributed by atoms with Crippen LogP contribution in [-0.2, 0) is 27.3 Å². The molecule has 0 saturated heterocycles. The van der Waals surface area contributed by atoms with Gasteiger partial charge in [0.15, 0.2) is 5.13 Å². The van der Waals surface area contributed by atoms with E-state index in [1.807, 2.05) is 0 Å². The van der Waals surface area contributed by atoms with E-state index in [0.29, 0.717) is 35.2 Å². The fraction of sp³-hybridized carbons (Fsp3) is 0.333. The number of aromatic amines is 1. The predicted octanol–water partition coefficient (Wildman–Crippen LogP) is 3.16. The van der Waals surface area contributed by atoms with Gasteiger partial charge in [-0.25, -0.2) is 14.2 Å². The summed E-state index contributed by atoms with van der Waals surface area (Å²) in [4.78, 5) is 46.0. The quantitative estimate of drug-likeness (QED) is 0.589. The summed E-state index contributed by atoms with van der Waals surface area (Å²) in [5, 5.41) is 3.70. The van der Waals surface area contributed by atoms with Gasteiger partial charge in [-0.2, -0.15) is 0 Å². The molecule has 8 nitrogen and oxygen atoms in total. The average Bonchev–Trinajstić information content (AvgIpc) is 3.30. The minimum atomic E-state index is -0.507. The van der Waals surface area contributed by atoms with Gasteiger partial charge in [-0.1, -0.05) is 11.3 Å². The van der Waals surface area contributed by atoms with E-state index in [-0.39, 0.29) is 30.5 Å². The van der Waals surface area contributed by atoms with Crippen molar-refractivity contribution in [3.8, 4) is 0 Å². The zero-order valence-corrected chi connectivity index (χ0v) is 17.9. The number of hydrogen-bond acceptors (Lipinski definition) is 6. The van der Waals surface area contributed by atoms with Gasteiger partial charge in [0.1, 0.15) is 10.7 Å². The normalized spacial score (nSPS) is 13.2. The van der Waals surface area contributed by atoms with Crippen LogP contribution in [0, 0.1) is 12.7 Å². The second-order valence-corrected chi connectivity index (χ2v) is 8.31. The van der Waals surface area contributed by atoms with Crippen LogP contribution >= 0.6 is 11.3 Å². The second-order valence-electron chi connectivity index (χ2n) is 7.31. The summed E-state index contributed by atoms with van der Waals surface area (Å²) in [6.07, 6.45) is 0.696. The topological polar surface area (TPSA) is 104 Å². The Labute approximate surface area is 181 Å². The molecule has 0 aliphatic carbocycles. The van der Waals surface area contributed by atoms with Gasteiger partial charge >= 0.3 is 5.97 Å². The fourth-order valence-corrected chi connectivity index (χ4v) is 4.59. The van der Waals surface area contributed by atoms with Crippen molar-refractivity contribution >= 4 is 45.2 Å². The lowest BCUT2D eigenvalue weighted by Crippen LogP contribution is -2.36. The maximum absolute atomic E-state index is 13.7. The summed E-state index contributed by atoms with van der Waals surface area (Å²) in [6.45, 7) is 2.58. The number of thiazole rings is 1. The third kappa shape index (κ3) is 4.29. The van der Waals surface area contributed by atoms with Crippen molar-refractivity contribution in [1.82, 2.24) is 14.9 Å². The zero-order valence-electron chi connectivity index (χ0n) is 17.1. The molecule has 2 N–H and O–H groups in total. The Kier molecular flexibility index (Phi) is 5.73. The van der Waals surface area contributed by atoms with E-state index in [2.05, 4.69) is 20.0 Å². The van der Waals surface area contributed by atoms with Crippen molar-refractivity contribution in [2.75, 3.05) is 19.0 Å². The van der Waals surface area contributed by atoms with E-state index < -0.39 is 5.97 Å². The van der Waals surface area contributed by atoms with E-state index in [1.165, 1.54) is 19.2 Å². The highest BCUT2D eigenvalue weighted by molar-refractivity contribution is 7.17. The Bertz CT molecular complexity index is 1190. The van der Waals surface area contributed by atoms with Gasteiger partial charge in [-0.15, -0.1) is 0 Å². The molecule has 0 bridgehead atoms. The number of nitrogens with one attached hydrogen (secondary N) is 2. The number of nitrogens with zero attached hydrogens (tertiary/aromatic N) is 2. The molecule has 2 aromatic heterocycles. The molecule has 0 atom stereocenters. The maximum atomic E-state index is 13.7. The number of fused-ring (bicyclic) bond motifs is 3. The second kappa shape index (κ2) is 8.46. The molecule has 1 aromatic carbocycles.